The molecule has 0 bridgehead atoms. The van der Waals surface area contributed by atoms with Gasteiger partial charge in [0.1, 0.15) is 0 Å². The largest absolute Gasteiger partial charge is 0.370 e. The average Bonchev–Trinajstić information content (AvgIpc) is 2.43. The van der Waals surface area contributed by atoms with Crippen LogP contribution in [0.3, 0.4) is 0 Å². The zero-order valence-electron chi connectivity index (χ0n) is 14.2. The molecule has 21 heavy (non-hydrogen) atoms. The van der Waals surface area contributed by atoms with Gasteiger partial charge >= 0.3 is 0 Å². The van der Waals surface area contributed by atoms with Crippen LogP contribution in [0, 0.1) is 39.9 Å². The summed E-state index contributed by atoms with van der Waals surface area (Å²) in [5.41, 5.74) is 5.11. The van der Waals surface area contributed by atoms with Crippen LogP contribution in [0.15, 0.2) is 0 Å². The third-order valence-corrected chi connectivity index (χ3v) is 4.03. The summed E-state index contributed by atoms with van der Waals surface area (Å²) in [6, 6.07) is 0. The normalized spacial score (nSPS) is 10.3. The molecule has 0 spiro atoms. The Morgan fingerprint density at radius 3 is 1.19 bits per heavy atom. The predicted octanol–water partition coefficient (Wildman–Crippen LogP) is 5.73. The van der Waals surface area contributed by atoms with Gasteiger partial charge in [-0.2, -0.15) is 0 Å². The quantitative estimate of drug-likeness (QED) is 0.306. The Morgan fingerprint density at radius 1 is 0.619 bits per heavy atom. The fourth-order valence-electron chi connectivity index (χ4n) is 2.67. The second-order valence-corrected chi connectivity index (χ2v) is 6.17. The van der Waals surface area contributed by atoms with Crippen LogP contribution >= 0.6 is 0 Å². The fraction of sp³-hybridized carbons (Fsp3) is 0.944. The van der Waals surface area contributed by atoms with E-state index in [0.29, 0.717) is 6.42 Å². The van der Waals surface area contributed by atoms with Crippen LogP contribution in [0.25, 0.3) is 0 Å². The van der Waals surface area contributed by atoms with Crippen molar-refractivity contribution in [1.82, 2.24) is 0 Å². The number of rotatable bonds is 16. The number of amides is 1. The number of unbranched alkanes of at least 4 members (excludes halogenated alkanes) is 14. The zero-order chi connectivity index (χ0) is 14.9. The van der Waals surface area contributed by atoms with Gasteiger partial charge < -0.3 is 5.73 Å². The summed E-state index contributed by atoms with van der Waals surface area (Å²) < 4.78 is 0. The molecule has 0 aliphatic rings. The summed E-state index contributed by atoms with van der Waals surface area (Å²) in [5.74, 6) is -0.153. The van der Waals surface area contributed by atoms with Gasteiger partial charge in [0.15, 0.2) is 0 Å². The second-order valence-electron chi connectivity index (χ2n) is 6.17. The van der Waals surface area contributed by atoms with Crippen molar-refractivity contribution in [3.8, 4) is 0 Å². The maximum absolute atomic E-state index is 10.6. The number of hydrogen-bond acceptors (Lipinski definition) is 1. The van der Waals surface area contributed by atoms with Gasteiger partial charge in [0.05, 0.1) is 0 Å². The first-order valence-electron chi connectivity index (χ1n) is 9.05. The van der Waals surface area contributed by atoms with Crippen LogP contribution in [-0.4, -0.2) is 5.91 Å². The standard InChI is InChI=1S/C18H37NO.Gd/c1-2-3-4-5-6-7-8-9-10-11-12-13-14-15-16-17-18(19)20;/h2-17H2,1H3,(H2,19,20);. The Morgan fingerprint density at radius 2 is 0.905 bits per heavy atom. The second kappa shape index (κ2) is 20.8. The molecular formula is C18H37GdNO. The van der Waals surface area contributed by atoms with Gasteiger partial charge in [-0.3, -0.25) is 4.79 Å². The first-order chi connectivity index (χ1) is 9.77. The van der Waals surface area contributed by atoms with Crippen molar-refractivity contribution in [3.05, 3.63) is 0 Å². The summed E-state index contributed by atoms with van der Waals surface area (Å²) in [7, 11) is 0. The summed E-state index contributed by atoms with van der Waals surface area (Å²) in [4.78, 5) is 10.6. The van der Waals surface area contributed by atoms with Crippen LogP contribution in [0.1, 0.15) is 110 Å². The Bertz CT molecular complexity index is 209. The Kier molecular flexibility index (Phi) is 23.8. The molecule has 0 aromatic rings. The molecule has 0 aromatic carbocycles. The zero-order valence-corrected chi connectivity index (χ0v) is 16.4. The minimum Gasteiger partial charge on any atom is -0.370 e. The molecule has 0 aliphatic carbocycles. The van der Waals surface area contributed by atoms with E-state index in [1.54, 1.807) is 0 Å². The molecule has 0 aromatic heterocycles. The van der Waals surface area contributed by atoms with E-state index in [2.05, 4.69) is 6.92 Å². The van der Waals surface area contributed by atoms with E-state index < -0.39 is 0 Å². The van der Waals surface area contributed by atoms with Crippen LogP contribution in [0.4, 0.5) is 0 Å². The summed E-state index contributed by atoms with van der Waals surface area (Å²) in [6.45, 7) is 2.28. The van der Waals surface area contributed by atoms with E-state index in [-0.39, 0.29) is 45.8 Å². The van der Waals surface area contributed by atoms with Crippen molar-refractivity contribution < 1.29 is 44.7 Å². The van der Waals surface area contributed by atoms with E-state index in [0.717, 1.165) is 6.42 Å². The van der Waals surface area contributed by atoms with Crippen molar-refractivity contribution >= 4 is 5.91 Å². The Labute approximate surface area is 165 Å². The van der Waals surface area contributed by atoms with Crippen molar-refractivity contribution in [2.24, 2.45) is 5.73 Å². The maximum atomic E-state index is 10.6. The van der Waals surface area contributed by atoms with Crippen molar-refractivity contribution in [3.63, 3.8) is 0 Å². The van der Waals surface area contributed by atoms with Gasteiger partial charge in [-0.05, 0) is 6.42 Å². The molecule has 128 valence electrons. The molecular weight excluding hydrogens is 403 g/mol. The number of carbonyl (C=O) groups is 1. The van der Waals surface area contributed by atoms with Gasteiger partial charge in [0.25, 0.3) is 0 Å². The van der Waals surface area contributed by atoms with Crippen LogP contribution in [-0.2, 0) is 4.79 Å². The predicted molar refractivity (Wildman–Crippen MR) is 88.7 cm³/mol. The first kappa shape index (κ1) is 24.1. The summed E-state index contributed by atoms with van der Waals surface area (Å²) in [6.07, 6.45) is 20.9. The molecule has 0 rings (SSSR count). The van der Waals surface area contributed by atoms with E-state index in [4.69, 9.17) is 5.73 Å². The molecule has 2 nitrogen and oxygen atoms in total. The smallest absolute Gasteiger partial charge is 0.217 e. The minimum absolute atomic E-state index is 0. The molecule has 0 saturated heterocycles. The number of primary amides is 1. The SMILES string of the molecule is CCCCCCCCCCCCCCCCCC(N)=O.[Gd]. The van der Waals surface area contributed by atoms with Gasteiger partial charge in [-0.15, -0.1) is 0 Å². The Hall–Kier alpha value is 0.795. The molecule has 0 aliphatic heterocycles. The van der Waals surface area contributed by atoms with Crippen LogP contribution in [0.5, 0.6) is 0 Å². The van der Waals surface area contributed by atoms with Gasteiger partial charge in [-0.1, -0.05) is 96.8 Å². The summed E-state index contributed by atoms with van der Waals surface area (Å²) >= 11 is 0. The molecule has 1 amide bonds. The molecule has 0 atom stereocenters. The summed E-state index contributed by atoms with van der Waals surface area (Å²) in [5, 5.41) is 0. The fourth-order valence-corrected chi connectivity index (χ4v) is 2.67. The monoisotopic (exact) mass is 441 g/mol. The molecule has 0 saturated carbocycles. The van der Waals surface area contributed by atoms with Gasteiger partial charge in [0, 0.05) is 46.4 Å². The molecule has 0 heterocycles. The van der Waals surface area contributed by atoms with Crippen LogP contribution < -0.4 is 5.73 Å². The van der Waals surface area contributed by atoms with Crippen molar-refractivity contribution in [2.45, 2.75) is 110 Å². The van der Waals surface area contributed by atoms with E-state index in [9.17, 15) is 4.79 Å². The number of hydrogen-bond donors (Lipinski definition) is 1. The molecule has 0 unspecified atom stereocenters. The number of carbonyl (C=O) groups excluding carboxylic acids is 1. The van der Waals surface area contributed by atoms with E-state index >= 15 is 0 Å². The minimum atomic E-state index is -0.153. The van der Waals surface area contributed by atoms with E-state index in [1.165, 1.54) is 89.9 Å². The van der Waals surface area contributed by atoms with Crippen LogP contribution in [0.2, 0.25) is 0 Å². The molecule has 0 radical (unpaired) electrons. The molecule has 3 heteroatoms. The average molecular weight is 441 g/mol. The van der Waals surface area contributed by atoms with Crippen molar-refractivity contribution in [2.75, 3.05) is 0 Å². The van der Waals surface area contributed by atoms with E-state index in [1.807, 2.05) is 0 Å². The first-order valence-corrected chi connectivity index (χ1v) is 9.05. The van der Waals surface area contributed by atoms with Gasteiger partial charge in [0.2, 0.25) is 5.91 Å². The Balaban J connectivity index is 0. The molecule has 0 fully saturated rings. The van der Waals surface area contributed by atoms with Crippen molar-refractivity contribution in [1.29, 1.82) is 0 Å². The third-order valence-electron chi connectivity index (χ3n) is 4.03. The number of nitrogens with two attached hydrogens (primary N) is 1. The third kappa shape index (κ3) is 23.2. The van der Waals surface area contributed by atoms with Gasteiger partial charge in [-0.25, -0.2) is 0 Å². The molecule has 2 N–H and O–H groups in total. The topological polar surface area (TPSA) is 43.1 Å². The maximum Gasteiger partial charge on any atom is 0.217 e.